The number of likely N-dealkylation sites (N-methyl/N-ethyl adjacent to an activating group) is 1. The van der Waals surface area contributed by atoms with E-state index in [0.717, 1.165) is 16.2 Å². The average molecular weight is 328 g/mol. The van der Waals surface area contributed by atoms with Gasteiger partial charge >= 0.3 is 0 Å². The molecule has 0 aromatic heterocycles. The van der Waals surface area contributed by atoms with Crippen LogP contribution in [0.5, 0.6) is 0 Å². The molecule has 1 heterocycles. The van der Waals surface area contributed by atoms with Crippen LogP contribution in [0.25, 0.3) is 0 Å². The molecule has 0 aliphatic carbocycles. The van der Waals surface area contributed by atoms with Gasteiger partial charge in [-0.05, 0) is 24.3 Å². The van der Waals surface area contributed by atoms with Crippen molar-refractivity contribution in [3.8, 4) is 0 Å². The predicted molar refractivity (Wildman–Crippen MR) is 89.3 cm³/mol. The Morgan fingerprint density at radius 3 is 2.67 bits per heavy atom. The number of hydrogen-bond donors (Lipinski definition) is 2. The quantitative estimate of drug-likeness (QED) is 0.873. The van der Waals surface area contributed by atoms with Crippen LogP contribution in [-0.4, -0.2) is 32.0 Å². The predicted octanol–water partition coefficient (Wildman–Crippen LogP) is 0.826. The van der Waals surface area contributed by atoms with Gasteiger partial charge in [-0.15, -0.1) is 0 Å². The van der Waals surface area contributed by atoms with Crippen molar-refractivity contribution >= 4 is 23.2 Å². The molecule has 2 amide bonds. The number of carbonyl (C=O) groups excluding carboxylic acids is 2. The highest BCUT2D eigenvalue weighted by molar-refractivity contribution is 6.10. The number of fused-ring (bicyclic) bond motifs is 1. The molecule has 5 nitrogen and oxygen atoms in total. The first-order valence-electron chi connectivity index (χ1n) is 7.78. The molecule has 1 aliphatic rings. The van der Waals surface area contributed by atoms with Gasteiger partial charge in [-0.3, -0.25) is 14.5 Å². The third-order valence-electron chi connectivity index (χ3n) is 3.94. The van der Waals surface area contributed by atoms with E-state index >= 15 is 0 Å². The van der Waals surface area contributed by atoms with Crippen LogP contribution in [0.3, 0.4) is 0 Å². The van der Waals surface area contributed by atoms with Crippen LogP contribution in [0.2, 0.25) is 0 Å². The summed E-state index contributed by atoms with van der Waals surface area (Å²) in [4.78, 5) is 26.9. The lowest BCUT2D eigenvalue weighted by molar-refractivity contribution is -0.885. The smallest absolute Gasteiger partial charge is 0.282 e. The lowest BCUT2D eigenvalue weighted by Crippen LogP contribution is -3.09. The second kappa shape index (κ2) is 6.80. The molecule has 0 saturated heterocycles. The summed E-state index contributed by atoms with van der Waals surface area (Å²) >= 11 is 0. The van der Waals surface area contributed by atoms with Crippen LogP contribution in [0.4, 0.5) is 15.8 Å². The molecular weight excluding hydrogens is 309 g/mol. The van der Waals surface area contributed by atoms with Crippen LogP contribution in [0, 0.1) is 5.82 Å². The van der Waals surface area contributed by atoms with Gasteiger partial charge in [0, 0.05) is 5.56 Å². The molecule has 24 heavy (non-hydrogen) atoms. The monoisotopic (exact) mass is 328 g/mol. The molecular formula is C18H19FN3O2+. The molecule has 6 heteroatoms. The van der Waals surface area contributed by atoms with Gasteiger partial charge in [0.1, 0.15) is 18.9 Å². The summed E-state index contributed by atoms with van der Waals surface area (Å²) in [6.45, 7) is 0.881. The van der Waals surface area contributed by atoms with Gasteiger partial charge in [0.2, 0.25) is 5.91 Å². The van der Waals surface area contributed by atoms with Gasteiger partial charge < -0.3 is 10.2 Å². The second-order valence-corrected chi connectivity index (χ2v) is 5.98. The molecule has 0 bridgehead atoms. The lowest BCUT2D eigenvalue weighted by atomic mass is 10.2. The lowest BCUT2D eigenvalue weighted by Gasteiger charge is -2.29. The highest BCUT2D eigenvalue weighted by Crippen LogP contribution is 2.28. The Hall–Kier alpha value is -2.73. The molecule has 0 saturated carbocycles. The number of carbonyl (C=O) groups is 2. The van der Waals surface area contributed by atoms with Gasteiger partial charge in [-0.2, -0.15) is 0 Å². The molecule has 0 spiro atoms. The minimum Gasteiger partial charge on any atom is -0.326 e. The van der Waals surface area contributed by atoms with E-state index in [1.54, 1.807) is 18.2 Å². The molecule has 2 aromatic rings. The van der Waals surface area contributed by atoms with Crippen molar-refractivity contribution in [3.63, 3.8) is 0 Å². The zero-order valence-corrected chi connectivity index (χ0v) is 13.4. The zero-order chi connectivity index (χ0) is 17.1. The number of quaternary nitrogens is 1. The Morgan fingerprint density at radius 2 is 1.92 bits per heavy atom. The third kappa shape index (κ3) is 3.60. The number of para-hydroxylation sites is 2. The van der Waals surface area contributed by atoms with Crippen molar-refractivity contribution < 1.29 is 18.9 Å². The number of halogens is 1. The van der Waals surface area contributed by atoms with Crippen molar-refractivity contribution in [2.75, 3.05) is 30.4 Å². The average Bonchev–Trinajstić information content (AvgIpc) is 2.56. The molecule has 2 aromatic carbocycles. The summed E-state index contributed by atoms with van der Waals surface area (Å²) in [5.41, 5.74) is 2.33. The van der Waals surface area contributed by atoms with Crippen LogP contribution >= 0.6 is 0 Å². The van der Waals surface area contributed by atoms with Gasteiger partial charge in [-0.25, -0.2) is 4.39 Å². The Kier molecular flexibility index (Phi) is 4.57. The molecule has 1 unspecified atom stereocenters. The first kappa shape index (κ1) is 16.1. The second-order valence-electron chi connectivity index (χ2n) is 5.98. The minimum atomic E-state index is -0.275. The van der Waals surface area contributed by atoms with E-state index in [1.807, 2.05) is 25.2 Å². The summed E-state index contributed by atoms with van der Waals surface area (Å²) in [5, 5.41) is 2.77. The Morgan fingerprint density at radius 1 is 1.21 bits per heavy atom. The number of nitrogens with one attached hydrogen (secondary N) is 2. The number of amides is 2. The number of nitrogens with zero attached hydrogens (tertiary/aromatic N) is 1. The summed E-state index contributed by atoms with van der Waals surface area (Å²) in [6, 6.07) is 13.5. The Balaban J connectivity index is 1.68. The van der Waals surface area contributed by atoms with Crippen molar-refractivity contribution in [3.05, 3.63) is 59.9 Å². The normalized spacial score (nSPS) is 14.8. The van der Waals surface area contributed by atoms with Gasteiger partial charge in [-0.1, -0.05) is 24.3 Å². The zero-order valence-electron chi connectivity index (χ0n) is 13.4. The van der Waals surface area contributed by atoms with Crippen LogP contribution in [-0.2, 0) is 16.1 Å². The summed E-state index contributed by atoms with van der Waals surface area (Å²) in [5.74, 6) is -0.585. The van der Waals surface area contributed by atoms with E-state index in [4.69, 9.17) is 0 Å². The largest absolute Gasteiger partial charge is 0.326 e. The maximum Gasteiger partial charge on any atom is 0.282 e. The van der Waals surface area contributed by atoms with E-state index in [2.05, 4.69) is 5.32 Å². The Labute approximate surface area is 139 Å². The summed E-state index contributed by atoms with van der Waals surface area (Å²) in [6.07, 6.45) is 0. The molecule has 124 valence electrons. The third-order valence-corrected chi connectivity index (χ3v) is 3.94. The summed E-state index contributed by atoms with van der Waals surface area (Å²) in [7, 11) is 1.90. The van der Waals surface area contributed by atoms with E-state index < -0.39 is 0 Å². The van der Waals surface area contributed by atoms with Crippen molar-refractivity contribution in [1.82, 2.24) is 0 Å². The van der Waals surface area contributed by atoms with E-state index in [9.17, 15) is 14.0 Å². The fourth-order valence-electron chi connectivity index (χ4n) is 2.82. The Bertz CT molecular complexity index is 761. The molecule has 0 radical (unpaired) electrons. The van der Waals surface area contributed by atoms with E-state index in [-0.39, 0.29) is 30.7 Å². The number of rotatable bonds is 4. The number of hydrogen-bond acceptors (Lipinski definition) is 2. The SMILES string of the molecule is C[NH+](CC(=O)N1CC(=O)Nc2ccccc21)Cc1ccc(F)cc1. The van der Waals surface area contributed by atoms with Crippen molar-refractivity contribution in [1.29, 1.82) is 0 Å². The molecule has 1 aliphatic heterocycles. The van der Waals surface area contributed by atoms with E-state index in [0.29, 0.717) is 12.2 Å². The van der Waals surface area contributed by atoms with Gasteiger partial charge in [0.15, 0.2) is 6.54 Å². The van der Waals surface area contributed by atoms with Crippen molar-refractivity contribution in [2.24, 2.45) is 0 Å². The first-order valence-corrected chi connectivity index (χ1v) is 7.78. The highest BCUT2D eigenvalue weighted by Gasteiger charge is 2.28. The maximum atomic E-state index is 12.9. The molecule has 1 atom stereocenters. The van der Waals surface area contributed by atoms with Crippen LogP contribution < -0.4 is 15.1 Å². The summed E-state index contributed by atoms with van der Waals surface area (Å²) < 4.78 is 12.9. The fraction of sp³-hybridized carbons (Fsp3) is 0.222. The number of anilines is 2. The number of benzene rings is 2. The first-order chi connectivity index (χ1) is 11.5. The molecule has 0 fully saturated rings. The van der Waals surface area contributed by atoms with Crippen LogP contribution in [0.1, 0.15) is 5.56 Å². The van der Waals surface area contributed by atoms with E-state index in [1.165, 1.54) is 17.0 Å². The molecule has 2 N–H and O–H groups in total. The standard InChI is InChI=1S/C18H18FN3O2/c1-21(10-13-6-8-14(19)9-7-13)12-18(24)22-11-17(23)20-15-4-2-3-5-16(15)22/h2-9H,10-12H2,1H3,(H,20,23)/p+1. The van der Waals surface area contributed by atoms with Gasteiger partial charge in [0.05, 0.1) is 18.4 Å². The van der Waals surface area contributed by atoms with Gasteiger partial charge in [0.25, 0.3) is 5.91 Å². The maximum absolute atomic E-state index is 12.9. The fourth-order valence-corrected chi connectivity index (χ4v) is 2.82. The van der Waals surface area contributed by atoms with Crippen molar-refractivity contribution in [2.45, 2.75) is 6.54 Å². The molecule has 3 rings (SSSR count). The minimum absolute atomic E-state index is 0.0275. The van der Waals surface area contributed by atoms with Crippen LogP contribution in [0.15, 0.2) is 48.5 Å². The topological polar surface area (TPSA) is 53.9 Å². The highest BCUT2D eigenvalue weighted by atomic mass is 19.1.